The first kappa shape index (κ1) is 23.1. The van der Waals surface area contributed by atoms with E-state index in [9.17, 15) is 19.2 Å². The van der Waals surface area contributed by atoms with Gasteiger partial charge in [0.05, 0.1) is 22.5 Å². The third-order valence-corrected chi connectivity index (χ3v) is 5.62. The fourth-order valence-corrected chi connectivity index (χ4v) is 3.35. The van der Waals surface area contributed by atoms with Crippen molar-refractivity contribution in [2.24, 2.45) is 5.92 Å². The first-order valence-electron chi connectivity index (χ1n) is 9.01. The summed E-state index contributed by atoms with van der Waals surface area (Å²) in [5.41, 5.74) is 3.23. The molecular weight excluding hydrogens is 513 g/mol. The zero-order valence-electron chi connectivity index (χ0n) is 15.9. The molecule has 1 saturated heterocycles. The van der Waals surface area contributed by atoms with Gasteiger partial charge in [0.2, 0.25) is 5.91 Å². The fourth-order valence-electron chi connectivity index (χ4n) is 2.79. The number of carbonyl (C=O) groups excluding carboxylic acids is 4. The second-order valence-corrected chi connectivity index (χ2v) is 8.37. The second kappa shape index (κ2) is 10.1. The van der Waals surface area contributed by atoms with Crippen LogP contribution in [0.15, 0.2) is 46.9 Å². The van der Waals surface area contributed by atoms with E-state index < -0.39 is 36.2 Å². The Hall–Kier alpha value is -2.62. The third kappa shape index (κ3) is 6.19. The molecule has 1 fully saturated rings. The summed E-state index contributed by atoms with van der Waals surface area (Å²) in [6.45, 7) is -0.580. The second-order valence-electron chi connectivity index (χ2n) is 6.64. The van der Waals surface area contributed by atoms with E-state index in [1.807, 2.05) is 0 Å². The Labute approximate surface area is 195 Å². The Morgan fingerprint density at radius 3 is 2.48 bits per heavy atom. The van der Waals surface area contributed by atoms with Crippen molar-refractivity contribution in [2.75, 3.05) is 18.5 Å². The molecule has 0 unspecified atom stereocenters. The molecule has 8 nitrogen and oxygen atoms in total. The van der Waals surface area contributed by atoms with Gasteiger partial charge in [-0.15, -0.1) is 0 Å². The molecule has 3 rings (SSSR count). The number of nitrogens with zero attached hydrogens (tertiary/aromatic N) is 1. The van der Waals surface area contributed by atoms with Crippen molar-refractivity contribution in [3.05, 3.63) is 62.5 Å². The molecule has 1 aliphatic rings. The van der Waals surface area contributed by atoms with Crippen LogP contribution in [0.2, 0.25) is 10.0 Å². The van der Waals surface area contributed by atoms with Crippen LogP contribution in [-0.2, 0) is 19.1 Å². The number of ether oxygens (including phenoxy) is 1. The molecule has 0 bridgehead atoms. The Bertz CT molecular complexity index is 1030. The van der Waals surface area contributed by atoms with E-state index in [1.54, 1.807) is 30.3 Å². The van der Waals surface area contributed by atoms with E-state index in [0.29, 0.717) is 16.3 Å². The van der Waals surface area contributed by atoms with Crippen LogP contribution in [0, 0.1) is 5.92 Å². The quantitative estimate of drug-likeness (QED) is 0.559. The number of nitrogens with one attached hydrogen (secondary N) is 2. The number of carbonyl (C=O) groups is 4. The molecule has 31 heavy (non-hydrogen) atoms. The minimum atomic E-state index is -0.796. The maximum absolute atomic E-state index is 12.3. The number of rotatable bonds is 6. The number of halogens is 3. The lowest BCUT2D eigenvalue weighted by Gasteiger charge is -2.17. The number of anilines is 1. The highest BCUT2D eigenvalue weighted by Gasteiger charge is 2.36. The van der Waals surface area contributed by atoms with Gasteiger partial charge in [0.1, 0.15) is 0 Å². The number of hydrogen-bond donors (Lipinski definition) is 2. The Kier molecular flexibility index (Phi) is 7.53. The molecule has 0 aliphatic carbocycles. The molecule has 0 radical (unpaired) electrons. The molecule has 1 atom stereocenters. The van der Waals surface area contributed by atoms with Gasteiger partial charge in [-0.05, 0) is 42.5 Å². The smallest absolute Gasteiger partial charge is 0.311 e. The van der Waals surface area contributed by atoms with Crippen molar-refractivity contribution in [3.63, 3.8) is 0 Å². The summed E-state index contributed by atoms with van der Waals surface area (Å²) in [6, 6.07) is 11.1. The molecule has 1 aliphatic heterocycles. The Morgan fingerprint density at radius 2 is 1.81 bits per heavy atom. The molecule has 3 amide bonds. The maximum atomic E-state index is 12.3. The number of benzene rings is 2. The van der Waals surface area contributed by atoms with E-state index in [2.05, 4.69) is 26.7 Å². The van der Waals surface area contributed by atoms with Gasteiger partial charge in [0.15, 0.2) is 6.61 Å². The van der Waals surface area contributed by atoms with Crippen molar-refractivity contribution in [1.82, 2.24) is 10.4 Å². The van der Waals surface area contributed by atoms with Gasteiger partial charge >= 0.3 is 5.97 Å². The average Bonchev–Trinajstić information content (AvgIpc) is 3.10. The molecular formula is C20H16BrCl2N3O5. The summed E-state index contributed by atoms with van der Waals surface area (Å²) in [6.07, 6.45) is -0.131. The van der Waals surface area contributed by atoms with Gasteiger partial charge in [0.25, 0.3) is 11.8 Å². The van der Waals surface area contributed by atoms with Gasteiger partial charge in [-0.1, -0.05) is 39.1 Å². The van der Waals surface area contributed by atoms with Crippen molar-refractivity contribution >= 4 is 68.5 Å². The fraction of sp³-hybridized carbons (Fsp3) is 0.200. The van der Waals surface area contributed by atoms with Crippen LogP contribution in [0.5, 0.6) is 0 Å². The largest absolute Gasteiger partial charge is 0.455 e. The number of hydrogen-bond acceptors (Lipinski definition) is 5. The minimum absolute atomic E-state index is 0.0473. The van der Waals surface area contributed by atoms with Gasteiger partial charge in [-0.3, -0.25) is 29.6 Å². The molecule has 0 spiro atoms. The van der Waals surface area contributed by atoms with E-state index in [-0.39, 0.29) is 18.0 Å². The summed E-state index contributed by atoms with van der Waals surface area (Å²) in [5, 5.41) is 4.21. The van der Waals surface area contributed by atoms with Gasteiger partial charge < -0.3 is 10.1 Å². The average molecular weight is 529 g/mol. The molecule has 2 aromatic rings. The first-order valence-corrected chi connectivity index (χ1v) is 10.6. The van der Waals surface area contributed by atoms with Crippen molar-refractivity contribution < 1.29 is 23.9 Å². The summed E-state index contributed by atoms with van der Waals surface area (Å²) in [4.78, 5) is 48.6. The highest BCUT2D eigenvalue weighted by atomic mass is 79.9. The third-order valence-electron chi connectivity index (χ3n) is 4.35. The number of esters is 1. The van der Waals surface area contributed by atoms with Crippen molar-refractivity contribution in [1.29, 1.82) is 0 Å². The van der Waals surface area contributed by atoms with E-state index in [4.69, 9.17) is 27.9 Å². The minimum Gasteiger partial charge on any atom is -0.455 e. The summed E-state index contributed by atoms with van der Waals surface area (Å²) >= 11 is 15.0. The molecule has 162 valence electrons. The van der Waals surface area contributed by atoms with E-state index in [0.717, 1.165) is 9.48 Å². The summed E-state index contributed by atoms with van der Waals surface area (Å²) in [7, 11) is 0. The van der Waals surface area contributed by atoms with Crippen LogP contribution in [0.4, 0.5) is 5.69 Å². The van der Waals surface area contributed by atoms with Crippen LogP contribution in [0.3, 0.4) is 0 Å². The van der Waals surface area contributed by atoms with Gasteiger partial charge in [-0.2, -0.15) is 0 Å². The van der Waals surface area contributed by atoms with Gasteiger partial charge in [0, 0.05) is 22.1 Å². The zero-order valence-corrected chi connectivity index (χ0v) is 19.0. The lowest BCUT2D eigenvalue weighted by atomic mass is 10.1. The number of amides is 3. The molecule has 0 aromatic heterocycles. The Morgan fingerprint density at radius 1 is 1.10 bits per heavy atom. The van der Waals surface area contributed by atoms with Gasteiger partial charge in [-0.25, -0.2) is 0 Å². The summed E-state index contributed by atoms with van der Waals surface area (Å²) in [5.74, 6) is -2.98. The highest BCUT2D eigenvalue weighted by Crippen LogP contribution is 2.25. The topological polar surface area (TPSA) is 105 Å². The lowest BCUT2D eigenvalue weighted by molar-refractivity contribution is -0.151. The number of hydrazine groups is 1. The van der Waals surface area contributed by atoms with E-state index >= 15 is 0 Å². The standard InChI is InChI=1S/C20H16BrCl2N3O5/c21-13-3-1-11(2-4-13)19(29)25-26-9-12(7-18(26)28)20(30)31-10-17(27)24-14-5-6-15(22)16(23)8-14/h1-6,8,12H,7,9-10H2,(H,24,27)(H,25,29)/t12-/m0/s1. The predicted octanol–water partition coefficient (Wildman–Crippen LogP) is 3.43. The Balaban J connectivity index is 1.48. The van der Waals surface area contributed by atoms with E-state index in [1.165, 1.54) is 12.1 Å². The van der Waals surface area contributed by atoms with Crippen molar-refractivity contribution in [3.8, 4) is 0 Å². The maximum Gasteiger partial charge on any atom is 0.311 e. The van der Waals surface area contributed by atoms with Crippen LogP contribution in [0.1, 0.15) is 16.8 Å². The molecule has 0 saturated carbocycles. The SMILES string of the molecule is O=C(COC(=O)[C@H]1CC(=O)N(NC(=O)c2ccc(Br)cc2)C1)Nc1ccc(Cl)c(Cl)c1. The lowest BCUT2D eigenvalue weighted by Crippen LogP contribution is -2.43. The monoisotopic (exact) mass is 527 g/mol. The first-order chi connectivity index (χ1) is 14.7. The summed E-state index contributed by atoms with van der Waals surface area (Å²) < 4.78 is 5.82. The molecule has 11 heteroatoms. The van der Waals surface area contributed by atoms with Crippen LogP contribution in [-0.4, -0.2) is 41.9 Å². The highest BCUT2D eigenvalue weighted by molar-refractivity contribution is 9.10. The van der Waals surface area contributed by atoms with Crippen LogP contribution >= 0.6 is 39.1 Å². The predicted molar refractivity (Wildman–Crippen MR) is 117 cm³/mol. The molecule has 2 aromatic carbocycles. The molecule has 1 heterocycles. The van der Waals surface area contributed by atoms with Crippen LogP contribution < -0.4 is 10.7 Å². The molecule has 2 N–H and O–H groups in total. The normalized spacial score (nSPS) is 15.5. The van der Waals surface area contributed by atoms with Crippen LogP contribution in [0.25, 0.3) is 0 Å². The zero-order chi connectivity index (χ0) is 22.5. The van der Waals surface area contributed by atoms with Crippen molar-refractivity contribution in [2.45, 2.75) is 6.42 Å².